The number of tetrazole rings is 2. The first-order valence-electron chi connectivity index (χ1n) is 2.70. The van der Waals surface area contributed by atoms with E-state index in [9.17, 15) is 0 Å². The lowest BCUT2D eigenvalue weighted by molar-refractivity contribution is -0.670. The normalized spacial score (nSPS) is 8.83. The summed E-state index contributed by atoms with van der Waals surface area (Å²) in [5.74, 6) is 2.52. The second kappa shape index (κ2) is 4.05. The molecule has 0 spiro atoms. The van der Waals surface area contributed by atoms with E-state index in [1.165, 1.54) is 11.0 Å². The van der Waals surface area contributed by atoms with Gasteiger partial charge in [-0.3, -0.25) is 5.10 Å². The van der Waals surface area contributed by atoms with Gasteiger partial charge in [0, 0.05) is 0 Å². The van der Waals surface area contributed by atoms with Crippen molar-refractivity contribution in [2.24, 2.45) is 0 Å². The van der Waals surface area contributed by atoms with Gasteiger partial charge in [0.25, 0.3) is 0 Å². The predicted octanol–water partition coefficient (Wildman–Crippen LogP) is -3.58. The van der Waals surface area contributed by atoms with Crippen LogP contribution in [0.1, 0.15) is 0 Å². The summed E-state index contributed by atoms with van der Waals surface area (Å²) in [4.78, 5) is 0. The summed E-state index contributed by atoms with van der Waals surface area (Å²) < 4.78 is 1.26. The van der Waals surface area contributed by atoms with E-state index in [1.807, 2.05) is 0 Å². The molecule has 0 amide bonds. The zero-order chi connectivity index (χ0) is 8.81. The maximum atomic E-state index is 6.75. The molecule has 0 bridgehead atoms. The van der Waals surface area contributed by atoms with Gasteiger partial charge in [-0.05, 0) is 5.21 Å². The van der Waals surface area contributed by atoms with E-state index < -0.39 is 0 Å². The topological polar surface area (TPSA) is 144 Å². The first kappa shape index (κ1) is 8.16. The molecule has 2 aromatic rings. The Hall–Kier alpha value is -1.94. The minimum atomic E-state index is 0.269. The molecule has 0 aliphatic rings. The monoisotopic (exact) mass is 171 g/mol. The Morgan fingerprint density at radius 1 is 1.42 bits per heavy atom. The third-order valence-electron chi connectivity index (χ3n) is 0.862. The molecule has 10 nitrogen and oxygen atoms in total. The lowest BCUT2D eigenvalue weighted by Crippen LogP contribution is -2.42. The number of rotatable bonds is 1. The largest absolute Gasteiger partial charge is 0.267 e. The highest BCUT2D eigenvalue weighted by molar-refractivity contribution is 4.96. The van der Waals surface area contributed by atoms with E-state index in [4.69, 9.17) is 5.21 Å². The second-order valence-corrected chi connectivity index (χ2v) is 1.43. The summed E-state index contributed by atoms with van der Waals surface area (Å²) >= 11 is 0. The number of hydrogen-bond acceptors (Lipinski definition) is 7. The van der Waals surface area contributed by atoms with Crippen molar-refractivity contribution < 1.29 is 11.1 Å². The smallest absolute Gasteiger partial charge is 0.124 e. The highest BCUT2D eigenvalue weighted by atomic mass is 16.4. The molecule has 0 aromatic carbocycles. The van der Waals surface area contributed by atoms with Crippen LogP contribution < -0.4 is 11.0 Å². The average molecular weight is 171 g/mol. The van der Waals surface area contributed by atoms with Crippen molar-refractivity contribution in [2.45, 2.75) is 0 Å². The van der Waals surface area contributed by atoms with E-state index in [-0.39, 0.29) is 5.95 Å². The lowest BCUT2D eigenvalue weighted by atomic mass is 11.0. The van der Waals surface area contributed by atoms with Crippen molar-refractivity contribution in [3.63, 3.8) is 0 Å². The number of nitrogens with zero attached hydrogens (tertiary/aromatic N) is 8. The summed E-state index contributed by atoms with van der Waals surface area (Å²) in [5.41, 5.74) is 0. The molecular formula is C2H5N9O. The molecule has 0 atom stereocenters. The summed E-state index contributed by atoms with van der Waals surface area (Å²) in [6.07, 6.45) is 1.36. The Morgan fingerprint density at radius 2 is 2.25 bits per heavy atom. The molecule has 0 fully saturated rings. The van der Waals surface area contributed by atoms with Gasteiger partial charge in [0.1, 0.15) is 12.3 Å². The van der Waals surface area contributed by atoms with Gasteiger partial charge >= 0.3 is 0 Å². The Balaban J connectivity index is 0.000000336. The van der Waals surface area contributed by atoms with E-state index in [0.717, 1.165) is 0 Å². The van der Waals surface area contributed by atoms with Crippen molar-refractivity contribution >= 4 is 0 Å². The second-order valence-electron chi connectivity index (χ2n) is 1.43. The van der Waals surface area contributed by atoms with Gasteiger partial charge in [-0.2, -0.15) is 5.21 Å². The highest BCUT2D eigenvalue weighted by Crippen LogP contribution is 1.85. The zero-order valence-electron chi connectivity index (χ0n) is 5.81. The standard InChI is InChI=1S/C2HN8.H4NO/c1-3-6-9-10(1)2-4-7-8-5-2;1-2/h1H;2H,1H3/q-1;+1. The Labute approximate surface area is 65.3 Å². The number of quaternary nitrogens is 1. The minimum Gasteiger partial charge on any atom is -0.267 e. The maximum absolute atomic E-state index is 6.75. The van der Waals surface area contributed by atoms with Crippen LogP contribution in [0.15, 0.2) is 6.33 Å². The van der Waals surface area contributed by atoms with Crippen LogP contribution in [0.4, 0.5) is 0 Å². The first-order chi connectivity index (χ1) is 5.97. The van der Waals surface area contributed by atoms with Crippen LogP contribution in [-0.2, 0) is 0 Å². The maximum Gasteiger partial charge on any atom is 0.124 e. The molecule has 0 saturated heterocycles. The highest BCUT2D eigenvalue weighted by Gasteiger charge is 1.89. The number of aromatic nitrogens is 8. The molecule has 0 radical (unpaired) electrons. The van der Waals surface area contributed by atoms with Gasteiger partial charge in [0.15, 0.2) is 0 Å². The van der Waals surface area contributed by atoms with Crippen LogP contribution in [0.5, 0.6) is 0 Å². The van der Waals surface area contributed by atoms with Gasteiger partial charge < -0.3 is 0 Å². The zero-order valence-corrected chi connectivity index (χ0v) is 5.81. The molecule has 4 N–H and O–H groups in total. The van der Waals surface area contributed by atoms with Gasteiger partial charge in [0.2, 0.25) is 0 Å². The van der Waals surface area contributed by atoms with Gasteiger partial charge in [-0.25, -0.2) is 20.9 Å². The molecule has 0 unspecified atom stereocenters. The molecular weight excluding hydrogens is 166 g/mol. The fourth-order valence-corrected chi connectivity index (χ4v) is 0.485. The Morgan fingerprint density at radius 3 is 2.75 bits per heavy atom. The van der Waals surface area contributed by atoms with Gasteiger partial charge in [-0.15, -0.1) is 10.3 Å². The summed E-state index contributed by atoms with van der Waals surface area (Å²) in [6, 6.07) is 0. The van der Waals surface area contributed by atoms with E-state index >= 15 is 0 Å². The van der Waals surface area contributed by atoms with Crippen LogP contribution in [0.3, 0.4) is 0 Å². The summed E-state index contributed by atoms with van der Waals surface area (Å²) in [6.45, 7) is 0. The van der Waals surface area contributed by atoms with Crippen LogP contribution in [0.25, 0.3) is 5.95 Å². The average Bonchev–Trinajstić information content (AvgIpc) is 2.80. The van der Waals surface area contributed by atoms with Crippen molar-refractivity contribution in [1.29, 1.82) is 0 Å². The quantitative estimate of drug-likeness (QED) is 0.419. The van der Waals surface area contributed by atoms with Crippen LogP contribution in [0, 0.1) is 0 Å². The van der Waals surface area contributed by atoms with Crippen molar-refractivity contribution in [1.82, 2.24) is 40.8 Å². The van der Waals surface area contributed by atoms with Crippen LogP contribution in [0.2, 0.25) is 0 Å². The molecule has 2 heterocycles. The minimum absolute atomic E-state index is 0.269. The van der Waals surface area contributed by atoms with Gasteiger partial charge in [-0.1, -0.05) is 5.21 Å². The molecule has 2 rings (SSSR count). The van der Waals surface area contributed by atoms with Crippen molar-refractivity contribution in [3.8, 4) is 5.95 Å². The van der Waals surface area contributed by atoms with E-state index in [0.29, 0.717) is 0 Å². The first-order valence-corrected chi connectivity index (χ1v) is 2.70. The molecule has 12 heavy (non-hydrogen) atoms. The SMILES string of the molecule is [NH3+]O.c1nnnn1-c1nnn[n-]1. The summed E-state index contributed by atoms with van der Waals surface area (Å²) in [5, 5.41) is 30.5. The van der Waals surface area contributed by atoms with Crippen molar-refractivity contribution in [2.75, 3.05) is 0 Å². The lowest BCUT2D eigenvalue weighted by Gasteiger charge is -1.93. The Bertz CT molecular complexity index is 252. The van der Waals surface area contributed by atoms with Crippen LogP contribution >= 0.6 is 0 Å². The predicted molar refractivity (Wildman–Crippen MR) is 30.5 cm³/mol. The summed E-state index contributed by atoms with van der Waals surface area (Å²) in [7, 11) is 0. The van der Waals surface area contributed by atoms with Crippen molar-refractivity contribution in [3.05, 3.63) is 6.33 Å². The Kier molecular flexibility index (Phi) is 2.75. The number of hydrogen-bond donors (Lipinski definition) is 2. The third-order valence-corrected chi connectivity index (χ3v) is 0.862. The molecule has 0 saturated carbocycles. The molecule has 0 aliphatic heterocycles. The molecule has 2 aromatic heterocycles. The van der Waals surface area contributed by atoms with E-state index in [1.54, 1.807) is 0 Å². The fourth-order valence-electron chi connectivity index (χ4n) is 0.485. The fraction of sp³-hybridized carbons (Fsp3) is 0. The molecule has 0 aliphatic carbocycles. The van der Waals surface area contributed by atoms with Crippen LogP contribution in [-0.4, -0.2) is 40.9 Å². The van der Waals surface area contributed by atoms with E-state index in [2.05, 4.69) is 42.0 Å². The molecule has 10 heteroatoms. The molecule has 64 valence electrons. The third kappa shape index (κ3) is 1.56. The van der Waals surface area contributed by atoms with Gasteiger partial charge in [0.05, 0.1) is 0 Å².